The van der Waals surface area contributed by atoms with Gasteiger partial charge in [-0.05, 0) is 38.0 Å². The largest absolute Gasteiger partial charge is 0.327 e. The molecule has 2 N–H and O–H groups in total. The fraction of sp³-hybridized carbons (Fsp3) is 1.00. The maximum atomic E-state index is 6.19. The van der Waals surface area contributed by atoms with Gasteiger partial charge in [0.25, 0.3) is 0 Å². The lowest BCUT2D eigenvalue weighted by Gasteiger charge is -2.29. The minimum atomic E-state index is 0.421. The van der Waals surface area contributed by atoms with Crippen molar-refractivity contribution in [2.45, 2.75) is 45.7 Å². The highest BCUT2D eigenvalue weighted by Crippen LogP contribution is 2.47. The molecule has 0 aromatic carbocycles. The van der Waals surface area contributed by atoms with Gasteiger partial charge in [0.1, 0.15) is 0 Å². The van der Waals surface area contributed by atoms with Gasteiger partial charge in [-0.1, -0.05) is 6.92 Å². The Morgan fingerprint density at radius 1 is 1.38 bits per heavy atom. The number of hydrogen-bond donors (Lipinski definition) is 1. The molecular formula is C11H22N2. The highest BCUT2D eigenvalue weighted by Gasteiger charge is 2.50. The van der Waals surface area contributed by atoms with Gasteiger partial charge < -0.3 is 10.6 Å². The van der Waals surface area contributed by atoms with E-state index in [0.717, 1.165) is 5.92 Å². The van der Waals surface area contributed by atoms with Crippen LogP contribution in [0, 0.1) is 11.3 Å². The van der Waals surface area contributed by atoms with E-state index in [9.17, 15) is 0 Å². The Morgan fingerprint density at radius 2 is 2.08 bits per heavy atom. The highest BCUT2D eigenvalue weighted by molar-refractivity contribution is 5.05. The quantitative estimate of drug-likeness (QED) is 0.665. The maximum Gasteiger partial charge on any atom is 0.0108 e. The number of nitrogens with zero attached hydrogens (tertiary/aromatic N) is 1. The van der Waals surface area contributed by atoms with Crippen LogP contribution in [0.3, 0.4) is 0 Å². The smallest absolute Gasteiger partial charge is 0.0108 e. The van der Waals surface area contributed by atoms with Gasteiger partial charge in [-0.3, -0.25) is 0 Å². The van der Waals surface area contributed by atoms with Crippen LogP contribution < -0.4 is 5.73 Å². The summed E-state index contributed by atoms with van der Waals surface area (Å²) in [4.78, 5) is 2.59. The highest BCUT2D eigenvalue weighted by atomic mass is 15.2. The van der Waals surface area contributed by atoms with Crippen molar-refractivity contribution in [3.05, 3.63) is 0 Å². The monoisotopic (exact) mass is 182 g/mol. The fourth-order valence-corrected chi connectivity index (χ4v) is 3.07. The molecule has 0 bridgehead atoms. The van der Waals surface area contributed by atoms with Crippen LogP contribution in [-0.4, -0.2) is 30.1 Å². The van der Waals surface area contributed by atoms with Crippen molar-refractivity contribution in [3.8, 4) is 0 Å². The van der Waals surface area contributed by atoms with E-state index >= 15 is 0 Å². The van der Waals surface area contributed by atoms with E-state index in [4.69, 9.17) is 5.73 Å². The van der Waals surface area contributed by atoms with Gasteiger partial charge in [-0.15, -0.1) is 0 Å². The average Bonchev–Trinajstić information content (AvgIpc) is 2.50. The van der Waals surface area contributed by atoms with Crippen molar-refractivity contribution < 1.29 is 0 Å². The minimum absolute atomic E-state index is 0.421. The Labute approximate surface area is 81.5 Å². The van der Waals surface area contributed by atoms with Gasteiger partial charge >= 0.3 is 0 Å². The molecule has 2 heteroatoms. The summed E-state index contributed by atoms with van der Waals surface area (Å²) in [5, 5.41) is 0. The van der Waals surface area contributed by atoms with Crippen LogP contribution in [0.15, 0.2) is 0 Å². The molecule has 0 aromatic rings. The number of fused-ring (bicyclic) bond motifs is 1. The first-order valence-electron chi connectivity index (χ1n) is 5.53. The number of hydrogen-bond acceptors (Lipinski definition) is 2. The molecule has 1 aliphatic heterocycles. The molecule has 2 nitrogen and oxygen atoms in total. The molecule has 13 heavy (non-hydrogen) atoms. The van der Waals surface area contributed by atoms with Gasteiger partial charge in [-0.2, -0.15) is 0 Å². The molecule has 2 fully saturated rings. The fourth-order valence-electron chi connectivity index (χ4n) is 3.07. The standard InChI is InChI=1S/C11H22N2/c1-8(2)13-6-9-4-5-10(12)11(9,3)7-13/h8-10H,4-7,12H2,1-3H3/t9-,10?,11+/m1/s1. The summed E-state index contributed by atoms with van der Waals surface area (Å²) < 4.78 is 0. The molecular weight excluding hydrogens is 160 g/mol. The second-order valence-corrected chi connectivity index (χ2v) is 5.41. The van der Waals surface area contributed by atoms with Gasteiger partial charge in [-0.25, -0.2) is 0 Å². The van der Waals surface area contributed by atoms with Crippen molar-refractivity contribution in [1.82, 2.24) is 4.90 Å². The molecule has 0 aromatic heterocycles. The summed E-state index contributed by atoms with van der Waals surface area (Å²) in [7, 11) is 0. The normalized spacial score (nSPS) is 45.9. The van der Waals surface area contributed by atoms with E-state index in [1.54, 1.807) is 0 Å². The summed E-state index contributed by atoms with van der Waals surface area (Å²) in [5.41, 5.74) is 6.61. The third-order valence-electron chi connectivity index (χ3n) is 4.33. The van der Waals surface area contributed by atoms with Crippen LogP contribution in [0.5, 0.6) is 0 Å². The van der Waals surface area contributed by atoms with E-state index in [-0.39, 0.29) is 0 Å². The second kappa shape index (κ2) is 2.96. The molecule has 1 saturated carbocycles. The Kier molecular flexibility index (Phi) is 2.16. The molecule has 0 spiro atoms. The summed E-state index contributed by atoms with van der Waals surface area (Å²) in [6.07, 6.45) is 2.59. The Bertz CT molecular complexity index is 202. The van der Waals surface area contributed by atoms with Crippen molar-refractivity contribution >= 4 is 0 Å². The summed E-state index contributed by atoms with van der Waals surface area (Å²) >= 11 is 0. The lowest BCUT2D eigenvalue weighted by molar-refractivity contribution is 0.213. The number of likely N-dealkylation sites (tertiary alicyclic amines) is 1. The predicted octanol–water partition coefficient (Wildman–Crippen LogP) is 1.45. The Balaban J connectivity index is 2.11. The van der Waals surface area contributed by atoms with Crippen molar-refractivity contribution in [3.63, 3.8) is 0 Å². The molecule has 3 atom stereocenters. The number of rotatable bonds is 1. The Hall–Kier alpha value is -0.0800. The molecule has 1 saturated heterocycles. The zero-order chi connectivity index (χ0) is 9.64. The predicted molar refractivity (Wildman–Crippen MR) is 55.5 cm³/mol. The first kappa shape index (κ1) is 9.47. The number of nitrogens with two attached hydrogens (primary N) is 1. The molecule has 0 amide bonds. The van der Waals surface area contributed by atoms with E-state index in [0.29, 0.717) is 17.5 Å². The third kappa shape index (κ3) is 1.31. The van der Waals surface area contributed by atoms with Crippen molar-refractivity contribution in [2.75, 3.05) is 13.1 Å². The van der Waals surface area contributed by atoms with E-state index in [2.05, 4.69) is 25.7 Å². The molecule has 76 valence electrons. The van der Waals surface area contributed by atoms with E-state index in [1.165, 1.54) is 25.9 Å². The molecule has 2 rings (SSSR count). The third-order valence-corrected chi connectivity index (χ3v) is 4.33. The molecule has 1 heterocycles. The first-order chi connectivity index (χ1) is 6.04. The topological polar surface area (TPSA) is 29.3 Å². The van der Waals surface area contributed by atoms with Crippen LogP contribution >= 0.6 is 0 Å². The van der Waals surface area contributed by atoms with Gasteiger partial charge in [0, 0.05) is 25.2 Å². The SMILES string of the molecule is CC(C)N1C[C@H]2CCC(N)[C@@]2(C)C1. The molecule has 0 radical (unpaired) electrons. The lowest BCUT2D eigenvalue weighted by Crippen LogP contribution is -2.41. The van der Waals surface area contributed by atoms with Gasteiger partial charge in [0.05, 0.1) is 0 Å². The lowest BCUT2D eigenvalue weighted by atomic mass is 9.80. The minimum Gasteiger partial charge on any atom is -0.327 e. The van der Waals surface area contributed by atoms with E-state index in [1.807, 2.05) is 0 Å². The van der Waals surface area contributed by atoms with Gasteiger partial charge in [0.2, 0.25) is 0 Å². The summed E-state index contributed by atoms with van der Waals surface area (Å²) in [6.45, 7) is 9.46. The average molecular weight is 182 g/mol. The molecule has 2 aliphatic rings. The van der Waals surface area contributed by atoms with Crippen LogP contribution in [0.25, 0.3) is 0 Å². The van der Waals surface area contributed by atoms with Crippen molar-refractivity contribution in [1.29, 1.82) is 0 Å². The Morgan fingerprint density at radius 3 is 2.62 bits per heavy atom. The van der Waals surface area contributed by atoms with Gasteiger partial charge in [0.15, 0.2) is 0 Å². The first-order valence-corrected chi connectivity index (χ1v) is 5.53. The molecule has 1 unspecified atom stereocenters. The summed E-state index contributed by atoms with van der Waals surface area (Å²) in [6, 6.07) is 1.14. The molecule has 1 aliphatic carbocycles. The van der Waals surface area contributed by atoms with Crippen LogP contribution in [0.1, 0.15) is 33.6 Å². The van der Waals surface area contributed by atoms with Crippen LogP contribution in [-0.2, 0) is 0 Å². The van der Waals surface area contributed by atoms with Crippen LogP contribution in [0.2, 0.25) is 0 Å². The van der Waals surface area contributed by atoms with Crippen LogP contribution in [0.4, 0.5) is 0 Å². The van der Waals surface area contributed by atoms with E-state index < -0.39 is 0 Å². The second-order valence-electron chi connectivity index (χ2n) is 5.41. The zero-order valence-corrected chi connectivity index (χ0v) is 9.09. The van der Waals surface area contributed by atoms with Crippen molar-refractivity contribution in [2.24, 2.45) is 17.1 Å². The maximum absolute atomic E-state index is 6.19. The zero-order valence-electron chi connectivity index (χ0n) is 9.09. The summed E-state index contributed by atoms with van der Waals surface area (Å²) in [5.74, 6) is 0.866.